The highest BCUT2D eigenvalue weighted by Crippen LogP contribution is 2.32. The highest BCUT2D eigenvalue weighted by Gasteiger charge is 2.22. The first-order chi connectivity index (χ1) is 15.4. The van der Waals surface area contributed by atoms with E-state index in [2.05, 4.69) is 4.98 Å². The molecule has 4 rings (SSSR count). The molecule has 3 aromatic carbocycles. The molecule has 7 heteroatoms. The van der Waals surface area contributed by atoms with Crippen LogP contribution in [0.1, 0.15) is 16.8 Å². The maximum atomic E-state index is 14.2. The van der Waals surface area contributed by atoms with Crippen molar-refractivity contribution in [3.05, 3.63) is 83.9 Å². The summed E-state index contributed by atoms with van der Waals surface area (Å²) in [6, 6.07) is 19.4. The SMILES string of the molecule is CN(C)CCCN(C(=O)c1ccc(-c2ccccc2)cc1)c1nc2c(F)cc(F)cc2s1. The zero-order valence-corrected chi connectivity index (χ0v) is 18.7. The third-order valence-corrected chi connectivity index (χ3v) is 6.13. The minimum absolute atomic E-state index is 0.0798. The van der Waals surface area contributed by atoms with Gasteiger partial charge in [0.2, 0.25) is 0 Å². The monoisotopic (exact) mass is 451 g/mol. The summed E-state index contributed by atoms with van der Waals surface area (Å²) in [5.41, 5.74) is 2.67. The predicted octanol–water partition coefficient (Wildman–Crippen LogP) is 5.84. The van der Waals surface area contributed by atoms with Crippen LogP contribution in [0.25, 0.3) is 21.3 Å². The van der Waals surface area contributed by atoms with E-state index in [-0.39, 0.29) is 11.4 Å². The lowest BCUT2D eigenvalue weighted by Gasteiger charge is -2.21. The van der Waals surface area contributed by atoms with Crippen LogP contribution in [0.2, 0.25) is 0 Å². The lowest BCUT2D eigenvalue weighted by Crippen LogP contribution is -2.33. The number of carbonyl (C=O) groups is 1. The van der Waals surface area contributed by atoms with Crippen molar-refractivity contribution >= 4 is 32.6 Å². The summed E-state index contributed by atoms with van der Waals surface area (Å²) in [6.07, 6.45) is 0.716. The largest absolute Gasteiger partial charge is 0.309 e. The summed E-state index contributed by atoms with van der Waals surface area (Å²) in [6.45, 7) is 1.20. The van der Waals surface area contributed by atoms with Crippen molar-refractivity contribution in [2.45, 2.75) is 6.42 Å². The first kappa shape index (κ1) is 22.0. The molecule has 1 amide bonds. The summed E-state index contributed by atoms with van der Waals surface area (Å²) in [4.78, 5) is 21.3. The molecule has 0 aliphatic heterocycles. The van der Waals surface area contributed by atoms with Gasteiger partial charge in [-0.05, 0) is 56.4 Å². The minimum Gasteiger partial charge on any atom is -0.309 e. The van der Waals surface area contributed by atoms with Gasteiger partial charge in [-0.1, -0.05) is 53.8 Å². The summed E-state index contributed by atoms with van der Waals surface area (Å²) < 4.78 is 28.2. The number of fused-ring (bicyclic) bond motifs is 1. The van der Waals surface area contributed by atoms with Gasteiger partial charge in [-0.3, -0.25) is 9.69 Å². The molecule has 0 saturated carbocycles. The second-order valence-corrected chi connectivity index (χ2v) is 8.80. The molecule has 0 atom stereocenters. The number of anilines is 1. The Morgan fingerprint density at radius 2 is 1.62 bits per heavy atom. The van der Waals surface area contributed by atoms with Crippen molar-refractivity contribution < 1.29 is 13.6 Å². The van der Waals surface area contributed by atoms with Gasteiger partial charge < -0.3 is 4.90 Å². The lowest BCUT2D eigenvalue weighted by atomic mass is 10.0. The van der Waals surface area contributed by atoms with Crippen LogP contribution in [0, 0.1) is 11.6 Å². The number of nitrogens with zero attached hydrogens (tertiary/aromatic N) is 3. The van der Waals surface area contributed by atoms with Crippen LogP contribution in [0.15, 0.2) is 66.7 Å². The quantitative estimate of drug-likeness (QED) is 0.354. The third-order valence-electron chi connectivity index (χ3n) is 5.10. The molecule has 0 bridgehead atoms. The Kier molecular flexibility index (Phi) is 6.58. The topological polar surface area (TPSA) is 36.4 Å². The van der Waals surface area contributed by atoms with Crippen molar-refractivity contribution in [3.8, 4) is 11.1 Å². The Morgan fingerprint density at radius 3 is 2.31 bits per heavy atom. The molecule has 0 aliphatic rings. The van der Waals surface area contributed by atoms with Gasteiger partial charge >= 0.3 is 0 Å². The predicted molar refractivity (Wildman–Crippen MR) is 126 cm³/mol. The van der Waals surface area contributed by atoms with E-state index in [1.807, 2.05) is 61.5 Å². The van der Waals surface area contributed by atoms with Crippen LogP contribution in [-0.2, 0) is 0 Å². The molecule has 4 aromatic rings. The first-order valence-electron chi connectivity index (χ1n) is 10.3. The normalized spacial score (nSPS) is 11.3. The molecule has 0 N–H and O–H groups in total. The average molecular weight is 452 g/mol. The van der Waals surface area contributed by atoms with Gasteiger partial charge in [0.15, 0.2) is 10.9 Å². The zero-order chi connectivity index (χ0) is 22.7. The fraction of sp³-hybridized carbons (Fsp3) is 0.200. The summed E-state index contributed by atoms with van der Waals surface area (Å²) in [7, 11) is 3.93. The number of hydrogen-bond donors (Lipinski definition) is 0. The van der Waals surface area contributed by atoms with Gasteiger partial charge in [0.05, 0.1) is 4.70 Å². The van der Waals surface area contributed by atoms with Crippen LogP contribution in [0.3, 0.4) is 0 Å². The van der Waals surface area contributed by atoms with Gasteiger partial charge in [-0.15, -0.1) is 0 Å². The third kappa shape index (κ3) is 4.84. The smallest absolute Gasteiger partial charge is 0.260 e. The molecular formula is C25H23F2N3OS. The van der Waals surface area contributed by atoms with Crippen LogP contribution in [0.5, 0.6) is 0 Å². The summed E-state index contributed by atoms with van der Waals surface area (Å²) in [5, 5.41) is 0.361. The van der Waals surface area contributed by atoms with Gasteiger partial charge in [0.25, 0.3) is 5.91 Å². The van der Waals surface area contributed by atoms with Gasteiger partial charge in [0.1, 0.15) is 11.3 Å². The molecule has 1 heterocycles. The minimum atomic E-state index is -0.726. The maximum absolute atomic E-state index is 14.2. The highest BCUT2D eigenvalue weighted by atomic mass is 32.1. The van der Waals surface area contributed by atoms with E-state index in [1.54, 1.807) is 17.0 Å². The van der Waals surface area contributed by atoms with Gasteiger partial charge in [-0.2, -0.15) is 0 Å². The van der Waals surface area contributed by atoms with Crippen molar-refractivity contribution in [3.63, 3.8) is 0 Å². The van der Waals surface area contributed by atoms with E-state index >= 15 is 0 Å². The van der Waals surface area contributed by atoms with Crippen molar-refractivity contribution in [2.75, 3.05) is 32.1 Å². The molecule has 0 aliphatic carbocycles. The van der Waals surface area contributed by atoms with E-state index in [0.29, 0.717) is 28.4 Å². The van der Waals surface area contributed by atoms with Crippen molar-refractivity contribution in [2.24, 2.45) is 0 Å². The molecule has 1 aromatic heterocycles. The molecule has 0 spiro atoms. The number of rotatable bonds is 7. The molecule has 32 heavy (non-hydrogen) atoms. The maximum Gasteiger partial charge on any atom is 0.260 e. The molecule has 4 nitrogen and oxygen atoms in total. The average Bonchev–Trinajstić information content (AvgIpc) is 3.21. The Balaban J connectivity index is 1.65. The van der Waals surface area contributed by atoms with E-state index in [4.69, 9.17) is 0 Å². The van der Waals surface area contributed by atoms with E-state index in [0.717, 1.165) is 35.1 Å². The Hall–Kier alpha value is -3.16. The first-order valence-corrected chi connectivity index (χ1v) is 11.1. The standard InChI is InChI=1S/C25H23F2N3OS/c1-29(2)13-6-14-30(25-28-23-21(27)15-20(26)16-22(23)32-25)24(31)19-11-9-18(10-12-19)17-7-4-3-5-8-17/h3-5,7-12,15-16H,6,13-14H2,1-2H3. The lowest BCUT2D eigenvalue weighted by molar-refractivity contribution is 0.0986. The second kappa shape index (κ2) is 9.54. The molecule has 164 valence electrons. The van der Waals surface area contributed by atoms with Crippen LogP contribution in [-0.4, -0.2) is 43.0 Å². The number of carbonyl (C=O) groups excluding carboxylic acids is 1. The van der Waals surface area contributed by atoms with Gasteiger partial charge in [-0.25, -0.2) is 13.8 Å². The van der Waals surface area contributed by atoms with Crippen LogP contribution >= 0.6 is 11.3 Å². The molecule has 0 radical (unpaired) electrons. The number of thiazole rings is 1. The second-order valence-electron chi connectivity index (χ2n) is 7.79. The Labute approximate surface area is 189 Å². The van der Waals surface area contributed by atoms with Gasteiger partial charge in [0, 0.05) is 18.2 Å². The highest BCUT2D eigenvalue weighted by molar-refractivity contribution is 7.22. The summed E-state index contributed by atoms with van der Waals surface area (Å²) >= 11 is 1.12. The molecule has 0 saturated heterocycles. The fourth-order valence-corrected chi connectivity index (χ4v) is 4.51. The molecular weight excluding hydrogens is 428 g/mol. The fourth-order valence-electron chi connectivity index (χ4n) is 3.48. The number of benzene rings is 3. The number of amides is 1. The summed E-state index contributed by atoms with van der Waals surface area (Å²) in [5.74, 6) is -1.61. The van der Waals surface area contributed by atoms with E-state index in [9.17, 15) is 13.6 Å². The van der Waals surface area contributed by atoms with Crippen LogP contribution in [0.4, 0.5) is 13.9 Å². The van der Waals surface area contributed by atoms with Crippen LogP contribution < -0.4 is 4.90 Å². The van der Waals surface area contributed by atoms with Crippen molar-refractivity contribution in [1.29, 1.82) is 0 Å². The van der Waals surface area contributed by atoms with E-state index in [1.165, 1.54) is 6.07 Å². The Bertz CT molecular complexity index is 1220. The molecule has 0 unspecified atom stereocenters. The zero-order valence-electron chi connectivity index (χ0n) is 17.9. The Morgan fingerprint density at radius 1 is 0.938 bits per heavy atom. The van der Waals surface area contributed by atoms with E-state index < -0.39 is 11.6 Å². The molecule has 0 fully saturated rings. The number of aromatic nitrogens is 1. The number of hydrogen-bond acceptors (Lipinski definition) is 4. The van der Waals surface area contributed by atoms with Crippen molar-refractivity contribution in [1.82, 2.24) is 9.88 Å². The number of halogens is 2.